The van der Waals surface area contributed by atoms with E-state index < -0.39 is 41.4 Å². The first-order chi connectivity index (χ1) is 28.9. The van der Waals surface area contributed by atoms with Crippen LogP contribution in [0.5, 0.6) is 11.5 Å². The van der Waals surface area contributed by atoms with Gasteiger partial charge in [0.2, 0.25) is 17.7 Å². The van der Waals surface area contributed by atoms with Gasteiger partial charge in [0.25, 0.3) is 17.7 Å². The van der Waals surface area contributed by atoms with Crippen LogP contribution in [0.2, 0.25) is 0 Å². The molecule has 5 aromatic rings. The Balaban J connectivity index is 0.827. The van der Waals surface area contributed by atoms with Gasteiger partial charge >= 0.3 is 6.18 Å². The summed E-state index contributed by atoms with van der Waals surface area (Å²) in [7, 11) is 0. The number of ether oxygens (including phenoxy) is 2. The number of amides is 6. The fraction of sp³-hybridized carbons (Fsp3) is 0.227. The molecule has 0 bridgehead atoms. The first-order valence-electron chi connectivity index (χ1n) is 19.0. The molecule has 7 rings (SSSR count). The lowest BCUT2D eigenvalue weighted by molar-refractivity contribution is -0.138. The van der Waals surface area contributed by atoms with Gasteiger partial charge in [-0.05, 0) is 83.6 Å². The zero-order valence-corrected chi connectivity index (χ0v) is 31.9. The molecule has 0 spiro atoms. The number of hydrogen-bond acceptors (Lipinski definition) is 9. The summed E-state index contributed by atoms with van der Waals surface area (Å²) >= 11 is 0. The van der Waals surface area contributed by atoms with Crippen molar-refractivity contribution in [1.82, 2.24) is 20.9 Å². The number of carbonyl (C=O) groups is 6. The van der Waals surface area contributed by atoms with E-state index in [1.807, 2.05) is 18.2 Å². The number of fused-ring (bicyclic) bond motifs is 2. The molecule has 13 nitrogen and oxygen atoms in total. The minimum absolute atomic E-state index is 0.0290. The molecule has 0 saturated carbocycles. The van der Waals surface area contributed by atoms with E-state index in [0.717, 1.165) is 28.2 Å². The SMILES string of the molecule is O=C(Cc1cccc(CNC(=O)c2ccc3c(Oc4ccc(C(F)(F)F)cc4)cccc3c2)c1)NCCOCCNc1cccc2c1C(=O)N(C1CCC(=O)NC1=O)C2=O. The summed E-state index contributed by atoms with van der Waals surface area (Å²) in [4.78, 5) is 76.9. The second kappa shape index (κ2) is 17.8. The number of alkyl halides is 3. The lowest BCUT2D eigenvalue weighted by atomic mass is 10.0. The van der Waals surface area contributed by atoms with E-state index in [0.29, 0.717) is 34.3 Å². The van der Waals surface area contributed by atoms with Crippen LogP contribution in [0.25, 0.3) is 10.8 Å². The van der Waals surface area contributed by atoms with Crippen LogP contribution in [-0.2, 0) is 38.3 Å². The molecular weight excluding hydrogens is 784 g/mol. The Morgan fingerprint density at radius 1 is 0.800 bits per heavy atom. The fourth-order valence-electron chi connectivity index (χ4n) is 6.99. The first kappa shape index (κ1) is 41.1. The molecule has 6 amide bonds. The largest absolute Gasteiger partial charge is 0.457 e. The van der Waals surface area contributed by atoms with E-state index in [1.165, 1.54) is 18.2 Å². The fourth-order valence-corrected chi connectivity index (χ4v) is 6.99. The maximum Gasteiger partial charge on any atom is 0.416 e. The Kier molecular flexibility index (Phi) is 12.2. The molecule has 5 aromatic carbocycles. The third-order valence-electron chi connectivity index (χ3n) is 9.92. The van der Waals surface area contributed by atoms with Crippen LogP contribution in [0.4, 0.5) is 18.9 Å². The van der Waals surface area contributed by atoms with Crippen molar-refractivity contribution < 1.29 is 51.4 Å². The number of imide groups is 2. The van der Waals surface area contributed by atoms with E-state index in [2.05, 4.69) is 21.3 Å². The number of nitrogens with zero attached hydrogens (tertiary/aromatic N) is 1. The zero-order valence-electron chi connectivity index (χ0n) is 31.9. The quantitative estimate of drug-likeness (QED) is 0.0756. The molecule has 0 aromatic heterocycles. The number of nitrogens with one attached hydrogen (secondary N) is 4. The van der Waals surface area contributed by atoms with E-state index in [-0.39, 0.29) is 74.3 Å². The number of benzene rings is 5. The predicted octanol–water partition coefficient (Wildman–Crippen LogP) is 5.77. The van der Waals surface area contributed by atoms with Crippen LogP contribution in [-0.4, -0.2) is 72.7 Å². The van der Waals surface area contributed by atoms with Gasteiger partial charge in [-0.3, -0.25) is 39.0 Å². The maximum atomic E-state index is 13.3. The first-order valence-corrected chi connectivity index (χ1v) is 19.0. The smallest absolute Gasteiger partial charge is 0.416 e. The maximum absolute atomic E-state index is 13.3. The number of hydrogen-bond donors (Lipinski definition) is 4. The minimum Gasteiger partial charge on any atom is -0.457 e. The van der Waals surface area contributed by atoms with Gasteiger partial charge < -0.3 is 25.4 Å². The molecule has 60 heavy (non-hydrogen) atoms. The van der Waals surface area contributed by atoms with E-state index >= 15 is 0 Å². The number of halogens is 3. The van der Waals surface area contributed by atoms with E-state index in [1.54, 1.807) is 54.6 Å². The van der Waals surface area contributed by atoms with Gasteiger partial charge in [-0.25, -0.2) is 0 Å². The number of piperidine rings is 1. The highest BCUT2D eigenvalue weighted by atomic mass is 19.4. The van der Waals surface area contributed by atoms with Crippen molar-refractivity contribution >= 4 is 51.9 Å². The average molecular weight is 822 g/mol. The van der Waals surface area contributed by atoms with Crippen molar-refractivity contribution in [2.24, 2.45) is 0 Å². The monoisotopic (exact) mass is 821 g/mol. The number of rotatable bonds is 15. The summed E-state index contributed by atoms with van der Waals surface area (Å²) in [6.45, 7) is 1.19. The highest BCUT2D eigenvalue weighted by Crippen LogP contribution is 2.35. The van der Waals surface area contributed by atoms with Crippen molar-refractivity contribution in [3.8, 4) is 11.5 Å². The predicted molar refractivity (Wildman–Crippen MR) is 212 cm³/mol. The van der Waals surface area contributed by atoms with Crippen LogP contribution in [0, 0.1) is 0 Å². The molecule has 0 aliphatic carbocycles. The number of carbonyl (C=O) groups excluding carboxylic acids is 6. The summed E-state index contributed by atoms with van der Waals surface area (Å²) < 4.78 is 50.3. The van der Waals surface area contributed by atoms with Gasteiger partial charge in [-0.2, -0.15) is 13.2 Å². The molecule has 4 N–H and O–H groups in total. The normalized spacial score (nSPS) is 15.1. The van der Waals surface area contributed by atoms with Crippen LogP contribution < -0.4 is 26.0 Å². The van der Waals surface area contributed by atoms with Crippen LogP contribution in [0.15, 0.2) is 103 Å². The average Bonchev–Trinajstić information content (AvgIpc) is 3.48. The van der Waals surface area contributed by atoms with Crippen molar-refractivity contribution in [3.05, 3.63) is 137 Å². The van der Waals surface area contributed by atoms with E-state index in [9.17, 15) is 41.9 Å². The molecule has 2 aliphatic heterocycles. The van der Waals surface area contributed by atoms with Gasteiger partial charge in [-0.15, -0.1) is 0 Å². The Labute approximate surface area is 341 Å². The van der Waals surface area contributed by atoms with Crippen molar-refractivity contribution in [2.75, 3.05) is 31.6 Å². The zero-order chi connectivity index (χ0) is 42.4. The highest BCUT2D eigenvalue weighted by molar-refractivity contribution is 6.25. The molecule has 1 fully saturated rings. The molecule has 1 atom stereocenters. The lowest BCUT2D eigenvalue weighted by Crippen LogP contribution is -2.54. The van der Waals surface area contributed by atoms with Crippen LogP contribution in [0.3, 0.4) is 0 Å². The molecular formula is C44H38F3N5O8. The lowest BCUT2D eigenvalue weighted by Gasteiger charge is -2.27. The van der Waals surface area contributed by atoms with Crippen molar-refractivity contribution in [3.63, 3.8) is 0 Å². The molecule has 308 valence electrons. The van der Waals surface area contributed by atoms with Gasteiger partial charge in [0.15, 0.2) is 0 Å². The highest BCUT2D eigenvalue weighted by Gasteiger charge is 2.45. The summed E-state index contributed by atoms with van der Waals surface area (Å²) in [6, 6.07) is 25.7. The van der Waals surface area contributed by atoms with Crippen LogP contribution >= 0.6 is 0 Å². The topological polar surface area (TPSA) is 172 Å². The third kappa shape index (κ3) is 9.45. The Morgan fingerprint density at radius 3 is 2.33 bits per heavy atom. The molecule has 2 aliphatic rings. The summed E-state index contributed by atoms with van der Waals surface area (Å²) in [5, 5.41) is 12.4. The minimum atomic E-state index is -4.45. The van der Waals surface area contributed by atoms with Crippen LogP contribution in [0.1, 0.15) is 60.6 Å². The second-order valence-corrected chi connectivity index (χ2v) is 14.1. The Morgan fingerprint density at radius 2 is 1.55 bits per heavy atom. The Hall–Kier alpha value is -7.07. The summed E-state index contributed by atoms with van der Waals surface area (Å²) in [5.41, 5.74) is 1.90. The van der Waals surface area contributed by atoms with Gasteiger partial charge in [0, 0.05) is 42.7 Å². The Bertz CT molecular complexity index is 2490. The molecule has 16 heteroatoms. The van der Waals surface area contributed by atoms with Gasteiger partial charge in [-0.1, -0.05) is 42.5 Å². The standard InChI is InChI=1S/C44H38F3N5O8/c45-44(46,47)30-11-13-31(14-12-30)60-36-9-2-6-28-24-29(10-15-32(28)36)40(55)50-25-27-5-1-4-26(22-27)23-38(54)49-19-21-59-20-18-48-34-8-3-7-33-39(34)43(58)52(42(33)57)35-16-17-37(53)51-41(35)56/h1-15,22,24,35,48H,16-21,23,25H2,(H,49,54)(H,50,55)(H,51,53,56). The molecule has 2 heterocycles. The van der Waals surface area contributed by atoms with Crippen molar-refractivity contribution in [1.29, 1.82) is 0 Å². The number of anilines is 1. The summed E-state index contributed by atoms with van der Waals surface area (Å²) in [6.07, 6.45) is -4.25. The van der Waals surface area contributed by atoms with Crippen molar-refractivity contribution in [2.45, 2.75) is 38.0 Å². The van der Waals surface area contributed by atoms with E-state index in [4.69, 9.17) is 9.47 Å². The second-order valence-electron chi connectivity index (χ2n) is 14.1. The summed E-state index contributed by atoms with van der Waals surface area (Å²) in [5.74, 6) is -2.21. The van der Waals surface area contributed by atoms with Gasteiger partial charge in [0.05, 0.1) is 36.3 Å². The molecule has 1 saturated heterocycles. The molecule has 0 radical (unpaired) electrons. The molecule has 1 unspecified atom stereocenters. The third-order valence-corrected chi connectivity index (χ3v) is 9.92. The van der Waals surface area contributed by atoms with Gasteiger partial charge in [0.1, 0.15) is 17.5 Å².